The predicted molar refractivity (Wildman–Crippen MR) is 106 cm³/mol. The van der Waals surface area contributed by atoms with Gasteiger partial charge in [-0.1, -0.05) is 53.4 Å². The Morgan fingerprint density at radius 3 is 0.735 bits per heavy atom. The number of unbranched alkanes of at least 4 members (excludes halogenated alkanes) is 4. The van der Waals surface area contributed by atoms with Crippen LogP contribution in [0.3, 0.4) is 0 Å². The number of halogens is 12. The van der Waals surface area contributed by atoms with Crippen molar-refractivity contribution in [2.75, 3.05) is 26.2 Å². The summed E-state index contributed by atoms with van der Waals surface area (Å²) in [6.07, 6.45) is -3.46. The highest BCUT2D eigenvalue weighted by atomic mass is 19.4. The summed E-state index contributed by atoms with van der Waals surface area (Å²) in [5.41, 5.74) is 0. The minimum absolute atomic E-state index is 1.35. The Hall–Kier alpha value is -0.880. The van der Waals surface area contributed by atoms with E-state index in [1.165, 1.54) is 82.0 Å². The number of quaternary nitrogens is 1. The van der Waals surface area contributed by atoms with Crippen molar-refractivity contribution in [1.29, 1.82) is 0 Å². The van der Waals surface area contributed by atoms with Crippen molar-refractivity contribution in [2.45, 2.75) is 109 Å². The summed E-state index contributed by atoms with van der Waals surface area (Å²) in [6.45, 7) is 15.0. The molecule has 0 aromatic rings. The predicted octanol–water partition coefficient (Wildman–Crippen LogP) is 9.02. The molecule has 34 heavy (non-hydrogen) atoms. The molecule has 0 heterocycles. The summed E-state index contributed by atoms with van der Waals surface area (Å²) in [6, 6.07) is 0. The van der Waals surface area contributed by atoms with Gasteiger partial charge in [0, 0.05) is 0 Å². The van der Waals surface area contributed by atoms with Crippen LogP contribution in [0.4, 0.5) is 52.7 Å². The van der Waals surface area contributed by atoms with E-state index < -0.39 is 30.1 Å². The molecule has 0 saturated carbocycles. The van der Waals surface area contributed by atoms with E-state index in [9.17, 15) is 52.7 Å². The number of hydrogen-bond donors (Lipinski definition) is 0. The Morgan fingerprint density at radius 2 is 0.588 bits per heavy atom. The third kappa shape index (κ3) is 9.29. The Kier molecular flexibility index (Phi) is 14.5. The summed E-state index contributed by atoms with van der Waals surface area (Å²) in [4.78, 5) is 0. The van der Waals surface area contributed by atoms with Crippen molar-refractivity contribution >= 4 is 0 Å². The Bertz CT molecular complexity index is 475. The smallest absolute Gasteiger partial charge is 0.324 e. The minimum atomic E-state index is -7.66. The third-order valence-corrected chi connectivity index (χ3v) is 5.44. The van der Waals surface area contributed by atoms with E-state index in [2.05, 4.69) is 27.7 Å². The number of rotatable bonds is 14. The number of nitrogens with zero attached hydrogens (tertiary/aromatic N) is 1. The molecule has 0 radical (unpaired) electrons. The van der Waals surface area contributed by atoms with Crippen molar-refractivity contribution in [2.24, 2.45) is 0 Å². The first-order valence-electron chi connectivity index (χ1n) is 11.4. The van der Waals surface area contributed by atoms with Crippen molar-refractivity contribution < 1.29 is 57.2 Å². The fourth-order valence-corrected chi connectivity index (χ4v) is 3.20. The highest BCUT2D eigenvalue weighted by Crippen LogP contribution is 2.57. The molecule has 0 N–H and O–H groups in total. The average molecular weight is 531 g/mol. The molecule has 0 saturated heterocycles. The van der Waals surface area contributed by atoms with Crippen molar-refractivity contribution in [3.63, 3.8) is 0 Å². The van der Waals surface area contributed by atoms with Gasteiger partial charge in [0.1, 0.15) is 0 Å². The van der Waals surface area contributed by atoms with Gasteiger partial charge < -0.3 is 4.48 Å². The summed E-state index contributed by atoms with van der Waals surface area (Å²) >= 11 is 0. The lowest BCUT2D eigenvalue weighted by Gasteiger charge is -2.39. The molecule has 0 rings (SSSR count). The normalized spacial score (nSPS) is 14.1. The molecule has 0 aliphatic carbocycles. The highest BCUT2D eigenvalue weighted by Gasteiger charge is 2.88. The molecule has 0 unspecified atom stereocenters. The fraction of sp³-hybridized carbons (Fsp3) is 1.00. The van der Waals surface area contributed by atoms with Gasteiger partial charge in [0.05, 0.1) is 26.2 Å². The standard InChI is InChI=1S/C16H36N.C5F12/c1-5-9-13-17(14-10-6-2,15-11-7-3)16-12-8-4;6-1(7,2(8,9)4(12,13)14)3(10,11)5(15,16)17/h5-16H2,1-4H3;/q+1;. The van der Waals surface area contributed by atoms with E-state index in [1.807, 2.05) is 0 Å². The SMILES string of the molecule is CCCC[N+](CCCC)(CCCC)CCCC.FC(F)(F)C(F)(F)C(F)(F)C(F)(F)C(F)(F)F. The van der Waals surface area contributed by atoms with Crippen LogP contribution in [-0.4, -0.2) is 60.8 Å². The van der Waals surface area contributed by atoms with Gasteiger partial charge in [-0.05, 0) is 25.7 Å². The summed E-state index contributed by atoms with van der Waals surface area (Å²) in [5, 5.41) is 0. The van der Waals surface area contributed by atoms with Crippen molar-refractivity contribution in [1.82, 2.24) is 0 Å². The number of hydrogen-bond acceptors (Lipinski definition) is 0. The monoisotopic (exact) mass is 530 g/mol. The van der Waals surface area contributed by atoms with Gasteiger partial charge in [-0.3, -0.25) is 0 Å². The summed E-state index contributed by atoms with van der Waals surface area (Å²) < 4.78 is 141. The average Bonchev–Trinajstić information content (AvgIpc) is 2.71. The van der Waals surface area contributed by atoms with Gasteiger partial charge in [0.25, 0.3) is 0 Å². The first kappa shape index (κ1) is 35.3. The van der Waals surface area contributed by atoms with E-state index in [-0.39, 0.29) is 0 Å². The van der Waals surface area contributed by atoms with Crippen molar-refractivity contribution in [3.8, 4) is 0 Å². The van der Waals surface area contributed by atoms with Gasteiger partial charge in [-0.25, -0.2) is 0 Å². The van der Waals surface area contributed by atoms with Gasteiger partial charge in [0.2, 0.25) is 0 Å². The molecule has 0 aliphatic heterocycles. The maximum absolute atomic E-state index is 12.0. The Labute approximate surface area is 193 Å². The van der Waals surface area contributed by atoms with Crippen LogP contribution < -0.4 is 0 Å². The van der Waals surface area contributed by atoms with Gasteiger partial charge in [-0.15, -0.1) is 0 Å². The van der Waals surface area contributed by atoms with E-state index >= 15 is 0 Å². The fourth-order valence-electron chi connectivity index (χ4n) is 3.20. The van der Waals surface area contributed by atoms with E-state index in [0.717, 1.165) is 0 Å². The zero-order valence-corrected chi connectivity index (χ0v) is 20.0. The topological polar surface area (TPSA) is 0 Å². The zero-order valence-electron chi connectivity index (χ0n) is 20.0. The molecular weight excluding hydrogens is 494 g/mol. The molecule has 0 aromatic heterocycles. The first-order chi connectivity index (χ1) is 15.2. The molecule has 0 aliphatic rings. The van der Waals surface area contributed by atoms with E-state index in [0.29, 0.717) is 0 Å². The van der Waals surface area contributed by atoms with Gasteiger partial charge in [0.15, 0.2) is 0 Å². The molecule has 13 heteroatoms. The lowest BCUT2D eigenvalue weighted by atomic mass is 10.0. The quantitative estimate of drug-likeness (QED) is 0.155. The van der Waals surface area contributed by atoms with E-state index in [4.69, 9.17) is 0 Å². The second-order valence-corrected chi connectivity index (χ2v) is 8.37. The molecule has 0 atom stereocenters. The highest BCUT2D eigenvalue weighted by molar-refractivity contribution is 5.03. The first-order valence-corrected chi connectivity index (χ1v) is 11.4. The molecule has 0 aromatic carbocycles. The summed E-state index contributed by atoms with van der Waals surface area (Å²) in [5.74, 6) is -22.7. The maximum atomic E-state index is 12.0. The summed E-state index contributed by atoms with van der Waals surface area (Å²) in [7, 11) is 0. The second kappa shape index (κ2) is 14.0. The Balaban J connectivity index is 0. The lowest BCUT2D eigenvalue weighted by Crippen LogP contribution is -2.65. The molecule has 1 nitrogen and oxygen atoms in total. The van der Waals surface area contributed by atoms with Crippen LogP contribution in [0.5, 0.6) is 0 Å². The molecule has 0 amide bonds. The second-order valence-electron chi connectivity index (χ2n) is 8.37. The molecule has 0 spiro atoms. The minimum Gasteiger partial charge on any atom is -0.324 e. The van der Waals surface area contributed by atoms with Crippen LogP contribution in [0.25, 0.3) is 0 Å². The number of alkyl halides is 12. The molecular formula is C21H36F12N+. The van der Waals surface area contributed by atoms with Crippen LogP contribution in [0.1, 0.15) is 79.1 Å². The van der Waals surface area contributed by atoms with E-state index in [1.54, 1.807) is 0 Å². The van der Waals surface area contributed by atoms with Gasteiger partial charge >= 0.3 is 30.1 Å². The zero-order chi connectivity index (χ0) is 27.5. The van der Waals surface area contributed by atoms with Crippen LogP contribution in [0, 0.1) is 0 Å². The maximum Gasteiger partial charge on any atom is 0.460 e. The lowest BCUT2D eigenvalue weighted by molar-refractivity contribution is -0.929. The van der Waals surface area contributed by atoms with Crippen LogP contribution in [-0.2, 0) is 0 Å². The van der Waals surface area contributed by atoms with Crippen molar-refractivity contribution in [3.05, 3.63) is 0 Å². The Morgan fingerprint density at radius 1 is 0.382 bits per heavy atom. The largest absolute Gasteiger partial charge is 0.460 e. The third-order valence-electron chi connectivity index (χ3n) is 5.44. The molecule has 208 valence electrons. The molecule has 0 fully saturated rings. The van der Waals surface area contributed by atoms with Crippen LogP contribution in [0.15, 0.2) is 0 Å². The van der Waals surface area contributed by atoms with Crippen LogP contribution >= 0.6 is 0 Å². The molecule has 0 bridgehead atoms. The van der Waals surface area contributed by atoms with Gasteiger partial charge in [-0.2, -0.15) is 52.7 Å². The van der Waals surface area contributed by atoms with Crippen LogP contribution in [0.2, 0.25) is 0 Å².